The number of aromatic nitrogens is 2. The van der Waals surface area contributed by atoms with Gasteiger partial charge in [-0.3, -0.25) is 9.36 Å². The van der Waals surface area contributed by atoms with Crippen molar-refractivity contribution >= 4 is 0 Å². The Morgan fingerprint density at radius 1 is 0.971 bits per heavy atom. The molecule has 0 spiro atoms. The minimum absolute atomic E-state index is 0.247. The molecule has 1 aromatic carbocycles. The molecule has 2 aromatic rings. The molecule has 5 atom stereocenters. The Morgan fingerprint density at radius 2 is 1.69 bits per heavy atom. The molecule has 35 heavy (non-hydrogen) atoms. The number of hydrogen-bond acceptors (Lipinski definition) is 7. The van der Waals surface area contributed by atoms with Crippen molar-refractivity contribution in [3.8, 4) is 5.69 Å². The van der Waals surface area contributed by atoms with Gasteiger partial charge in [-0.15, -0.1) is 0 Å². The van der Waals surface area contributed by atoms with E-state index in [1.807, 2.05) is 6.07 Å². The molecule has 1 aromatic heterocycles. The van der Waals surface area contributed by atoms with Gasteiger partial charge in [0.2, 0.25) is 0 Å². The molecule has 3 saturated heterocycles. The van der Waals surface area contributed by atoms with Crippen molar-refractivity contribution in [3.63, 3.8) is 0 Å². The maximum Gasteiger partial charge on any atom is 0.337 e. The second kappa shape index (κ2) is 11.2. The van der Waals surface area contributed by atoms with E-state index in [9.17, 15) is 9.59 Å². The van der Waals surface area contributed by atoms with Crippen molar-refractivity contribution in [2.75, 3.05) is 19.8 Å². The van der Waals surface area contributed by atoms with Crippen LogP contribution in [-0.2, 0) is 23.7 Å². The lowest BCUT2D eigenvalue weighted by atomic mass is 10.1. The van der Waals surface area contributed by atoms with Gasteiger partial charge >= 0.3 is 5.69 Å². The first kappa shape index (κ1) is 24.4. The smallest absolute Gasteiger partial charge is 0.337 e. The lowest BCUT2D eigenvalue weighted by Gasteiger charge is -2.29. The van der Waals surface area contributed by atoms with Gasteiger partial charge in [-0.25, -0.2) is 9.36 Å². The van der Waals surface area contributed by atoms with E-state index >= 15 is 0 Å². The van der Waals surface area contributed by atoms with E-state index in [1.165, 1.54) is 9.13 Å². The predicted octanol–water partition coefficient (Wildman–Crippen LogP) is 3.05. The second-order valence-corrected chi connectivity index (χ2v) is 9.44. The number of aryl methyl sites for hydroxylation is 1. The molecule has 3 aliphatic heterocycles. The molecule has 0 saturated carbocycles. The molecule has 190 valence electrons. The van der Waals surface area contributed by atoms with Gasteiger partial charge in [0, 0.05) is 31.4 Å². The van der Waals surface area contributed by atoms with Crippen LogP contribution in [-0.4, -0.2) is 53.7 Å². The molecule has 0 amide bonds. The number of para-hydroxylation sites is 1. The third kappa shape index (κ3) is 5.59. The molecule has 9 heteroatoms. The molecule has 0 aliphatic carbocycles. The Morgan fingerprint density at radius 3 is 2.37 bits per heavy atom. The Labute approximate surface area is 204 Å². The van der Waals surface area contributed by atoms with E-state index in [0.29, 0.717) is 37.5 Å². The second-order valence-electron chi connectivity index (χ2n) is 9.44. The molecule has 0 radical (unpaired) electrons. The fraction of sp³-hybridized carbons (Fsp3) is 0.615. The van der Waals surface area contributed by atoms with Gasteiger partial charge in [0.05, 0.1) is 18.4 Å². The quantitative estimate of drug-likeness (QED) is 0.594. The topological polar surface area (TPSA) is 90.2 Å². The summed E-state index contributed by atoms with van der Waals surface area (Å²) >= 11 is 0. The monoisotopic (exact) mass is 486 g/mol. The highest BCUT2D eigenvalue weighted by atomic mass is 16.7. The van der Waals surface area contributed by atoms with Crippen LogP contribution in [0.15, 0.2) is 46.1 Å². The summed E-state index contributed by atoms with van der Waals surface area (Å²) < 4.78 is 32.9. The molecular weight excluding hydrogens is 452 g/mol. The Hall–Kier alpha value is -2.30. The first-order valence-corrected chi connectivity index (χ1v) is 12.7. The Balaban J connectivity index is 1.39. The summed E-state index contributed by atoms with van der Waals surface area (Å²) in [5.41, 5.74) is 0.200. The molecule has 9 nitrogen and oxygen atoms in total. The largest absolute Gasteiger partial charge is 0.353 e. The van der Waals surface area contributed by atoms with Gasteiger partial charge in [-0.2, -0.15) is 0 Å². The minimum atomic E-state index is -0.591. The molecule has 0 N–H and O–H groups in total. The zero-order valence-corrected chi connectivity index (χ0v) is 20.2. The van der Waals surface area contributed by atoms with Crippen LogP contribution in [0.2, 0.25) is 0 Å². The van der Waals surface area contributed by atoms with Crippen molar-refractivity contribution in [1.82, 2.24) is 9.13 Å². The molecule has 3 fully saturated rings. The predicted molar refractivity (Wildman–Crippen MR) is 128 cm³/mol. The highest BCUT2D eigenvalue weighted by Crippen LogP contribution is 2.33. The van der Waals surface area contributed by atoms with E-state index < -0.39 is 11.9 Å². The van der Waals surface area contributed by atoms with Crippen LogP contribution < -0.4 is 11.2 Å². The van der Waals surface area contributed by atoms with Crippen molar-refractivity contribution in [2.45, 2.75) is 82.9 Å². The zero-order valence-electron chi connectivity index (χ0n) is 20.2. The van der Waals surface area contributed by atoms with Crippen molar-refractivity contribution < 1.29 is 23.7 Å². The molecular formula is C26H34N2O7. The van der Waals surface area contributed by atoms with E-state index in [2.05, 4.69) is 0 Å². The van der Waals surface area contributed by atoms with Gasteiger partial charge in [0.25, 0.3) is 5.56 Å². The van der Waals surface area contributed by atoms with Crippen LogP contribution in [0.1, 0.15) is 56.7 Å². The average Bonchev–Trinajstić information content (AvgIpc) is 3.29. The summed E-state index contributed by atoms with van der Waals surface area (Å²) in [5, 5.41) is 0. The van der Waals surface area contributed by atoms with Crippen LogP contribution in [0.5, 0.6) is 0 Å². The maximum absolute atomic E-state index is 13.5. The lowest BCUT2D eigenvalue weighted by molar-refractivity contribution is -0.216. The van der Waals surface area contributed by atoms with E-state index in [0.717, 1.165) is 38.5 Å². The first-order chi connectivity index (χ1) is 17.1. The van der Waals surface area contributed by atoms with Crippen LogP contribution in [0, 0.1) is 6.92 Å². The van der Waals surface area contributed by atoms with Crippen LogP contribution in [0.4, 0.5) is 0 Å². The lowest BCUT2D eigenvalue weighted by Crippen LogP contribution is -2.41. The summed E-state index contributed by atoms with van der Waals surface area (Å²) in [4.78, 5) is 26.3. The highest BCUT2D eigenvalue weighted by molar-refractivity contribution is 5.31. The Kier molecular flexibility index (Phi) is 7.79. The summed E-state index contributed by atoms with van der Waals surface area (Å²) in [7, 11) is 0. The molecule has 5 rings (SSSR count). The van der Waals surface area contributed by atoms with E-state index in [4.69, 9.17) is 23.7 Å². The third-order valence-electron chi connectivity index (χ3n) is 6.84. The normalized spacial score (nSPS) is 29.3. The van der Waals surface area contributed by atoms with Gasteiger partial charge in [-0.05, 0) is 57.6 Å². The molecule has 3 aliphatic rings. The molecule has 2 unspecified atom stereocenters. The van der Waals surface area contributed by atoms with Crippen LogP contribution >= 0.6 is 0 Å². The molecule has 4 heterocycles. The number of benzene rings is 1. The van der Waals surface area contributed by atoms with Crippen molar-refractivity contribution in [1.29, 1.82) is 0 Å². The molecule has 0 bridgehead atoms. The fourth-order valence-corrected chi connectivity index (χ4v) is 4.93. The maximum atomic E-state index is 13.5. The number of hydrogen-bond donors (Lipinski definition) is 0. The summed E-state index contributed by atoms with van der Waals surface area (Å²) in [6.07, 6.45) is 6.10. The number of nitrogens with zero attached hydrogens (tertiary/aromatic N) is 2. The first-order valence-electron chi connectivity index (χ1n) is 12.7. The van der Waals surface area contributed by atoms with Gasteiger partial charge < -0.3 is 23.7 Å². The number of ether oxygens (including phenoxy) is 5. The minimum Gasteiger partial charge on any atom is -0.353 e. The summed E-state index contributed by atoms with van der Waals surface area (Å²) in [6.45, 7) is 3.38. The Bertz CT molecular complexity index is 1090. The van der Waals surface area contributed by atoms with Crippen LogP contribution in [0.25, 0.3) is 5.69 Å². The van der Waals surface area contributed by atoms with Gasteiger partial charge in [0.15, 0.2) is 12.6 Å². The van der Waals surface area contributed by atoms with E-state index in [-0.39, 0.29) is 30.3 Å². The highest BCUT2D eigenvalue weighted by Gasteiger charge is 2.40. The average molecular weight is 487 g/mol. The summed E-state index contributed by atoms with van der Waals surface area (Å²) in [5.74, 6) is 0. The SMILES string of the molecule is Cc1cn([C@H]2C[C@H](OC3CCCCO3)[C@@H](COC3CCCCO3)O2)c(=O)n(-c2ccccc2)c1=O. The van der Waals surface area contributed by atoms with Crippen molar-refractivity contribution in [2.24, 2.45) is 0 Å². The van der Waals surface area contributed by atoms with Gasteiger partial charge in [-0.1, -0.05) is 18.2 Å². The summed E-state index contributed by atoms with van der Waals surface area (Å²) in [6, 6.07) is 8.94. The number of rotatable bonds is 7. The fourth-order valence-electron chi connectivity index (χ4n) is 4.93. The zero-order chi connectivity index (χ0) is 24.2. The standard InChI is InChI=1S/C26H34N2O7/c1-18-16-27(26(30)28(25(18)29)19-9-3-2-4-10-19)22-15-20(35-24-12-6-8-14-32-24)21(34-22)17-33-23-11-5-7-13-31-23/h2-4,9-10,16,20-24H,5-8,11-15,17H2,1H3/t20-,21+,22+,23?,24?/m0/s1. The van der Waals surface area contributed by atoms with Gasteiger partial charge in [0.1, 0.15) is 12.3 Å². The van der Waals surface area contributed by atoms with Crippen LogP contribution in [0.3, 0.4) is 0 Å². The van der Waals surface area contributed by atoms with E-state index in [1.54, 1.807) is 37.4 Å². The third-order valence-corrected chi connectivity index (χ3v) is 6.84. The van der Waals surface area contributed by atoms with Crippen molar-refractivity contribution in [3.05, 3.63) is 62.9 Å².